The lowest BCUT2D eigenvalue weighted by Gasteiger charge is -2.16. The number of benzene rings is 2. The first-order valence-electron chi connectivity index (χ1n) is 7.16. The van der Waals surface area contributed by atoms with E-state index in [1.807, 2.05) is 0 Å². The summed E-state index contributed by atoms with van der Waals surface area (Å²) in [7, 11) is 1.52. The van der Waals surface area contributed by atoms with Gasteiger partial charge in [0.25, 0.3) is 11.8 Å². The minimum Gasteiger partial charge on any atom is -0.496 e. The largest absolute Gasteiger partial charge is 0.496 e. The molecule has 0 fully saturated rings. The molecule has 4 nitrogen and oxygen atoms in total. The minimum atomic E-state index is -0.577. The van der Waals surface area contributed by atoms with E-state index < -0.39 is 17.6 Å². The van der Waals surface area contributed by atoms with Crippen molar-refractivity contribution in [3.8, 4) is 5.75 Å². The quantitative estimate of drug-likeness (QED) is 0.798. The number of hydrogen-bond donors (Lipinski definition) is 0. The summed E-state index contributed by atoms with van der Waals surface area (Å²) in [5.41, 5.74) is 1.17. The van der Waals surface area contributed by atoms with Gasteiger partial charge in [-0.1, -0.05) is 41.9 Å². The van der Waals surface area contributed by atoms with Gasteiger partial charge < -0.3 is 4.74 Å². The molecule has 0 spiro atoms. The van der Waals surface area contributed by atoms with Gasteiger partial charge in [-0.2, -0.15) is 0 Å². The van der Waals surface area contributed by atoms with Crippen LogP contribution in [0, 0.1) is 5.82 Å². The molecule has 24 heavy (non-hydrogen) atoms. The fourth-order valence-electron chi connectivity index (χ4n) is 2.56. The van der Waals surface area contributed by atoms with Crippen LogP contribution in [0.3, 0.4) is 0 Å². The third-order valence-corrected chi connectivity index (χ3v) is 4.12. The van der Waals surface area contributed by atoms with Crippen LogP contribution in [0.1, 0.15) is 11.1 Å². The van der Waals surface area contributed by atoms with E-state index in [4.69, 9.17) is 16.3 Å². The van der Waals surface area contributed by atoms with E-state index in [1.165, 1.54) is 31.4 Å². The van der Waals surface area contributed by atoms with Crippen molar-refractivity contribution >= 4 is 29.0 Å². The molecule has 122 valence electrons. The molecule has 0 N–H and O–H groups in total. The van der Waals surface area contributed by atoms with Gasteiger partial charge in [0.05, 0.1) is 19.2 Å². The second-order valence-electron chi connectivity index (χ2n) is 5.20. The van der Waals surface area contributed by atoms with Crippen molar-refractivity contribution in [2.45, 2.75) is 6.54 Å². The van der Waals surface area contributed by atoms with Crippen LogP contribution in [0.5, 0.6) is 5.75 Å². The van der Waals surface area contributed by atoms with Crippen LogP contribution in [0.15, 0.2) is 53.6 Å². The Morgan fingerprint density at radius 2 is 1.71 bits per heavy atom. The fraction of sp³-hybridized carbons (Fsp3) is 0.111. The number of nitrogens with zero attached hydrogens (tertiary/aromatic N) is 1. The van der Waals surface area contributed by atoms with Gasteiger partial charge in [-0.3, -0.25) is 14.5 Å². The van der Waals surface area contributed by atoms with Crippen LogP contribution in [0.25, 0.3) is 5.57 Å². The first-order valence-corrected chi connectivity index (χ1v) is 7.54. The van der Waals surface area contributed by atoms with Gasteiger partial charge in [0, 0.05) is 5.56 Å². The third kappa shape index (κ3) is 2.78. The smallest absolute Gasteiger partial charge is 0.273 e. The Morgan fingerprint density at radius 3 is 2.38 bits per heavy atom. The number of methoxy groups -OCH3 is 1. The number of ether oxygens (including phenoxy) is 1. The van der Waals surface area contributed by atoms with Crippen molar-refractivity contribution in [3.05, 3.63) is 70.5 Å². The fourth-order valence-corrected chi connectivity index (χ4v) is 2.85. The highest BCUT2D eigenvalue weighted by Gasteiger charge is 2.38. The van der Waals surface area contributed by atoms with Crippen LogP contribution < -0.4 is 4.74 Å². The highest BCUT2D eigenvalue weighted by atomic mass is 35.5. The zero-order valence-corrected chi connectivity index (χ0v) is 13.5. The molecule has 1 heterocycles. The summed E-state index contributed by atoms with van der Waals surface area (Å²) in [6.45, 7) is 0.0442. The maximum absolute atomic E-state index is 13.1. The van der Waals surface area contributed by atoms with Crippen LogP contribution in [-0.2, 0) is 16.1 Å². The van der Waals surface area contributed by atoms with Crippen molar-refractivity contribution < 1.29 is 18.7 Å². The highest BCUT2D eigenvalue weighted by Crippen LogP contribution is 2.33. The third-order valence-electron chi connectivity index (χ3n) is 3.77. The average molecular weight is 346 g/mol. The Hall–Kier alpha value is -2.66. The number of hydrogen-bond acceptors (Lipinski definition) is 3. The maximum atomic E-state index is 13.1. The number of rotatable bonds is 4. The topological polar surface area (TPSA) is 46.6 Å². The number of amides is 2. The highest BCUT2D eigenvalue weighted by molar-refractivity contribution is 6.55. The number of carbonyl (C=O) groups excluding carboxylic acids is 2. The molecule has 2 aromatic rings. The zero-order chi connectivity index (χ0) is 17.3. The molecule has 0 bridgehead atoms. The summed E-state index contributed by atoms with van der Waals surface area (Å²) in [5.74, 6) is -0.947. The summed E-state index contributed by atoms with van der Waals surface area (Å²) in [6, 6.07) is 12.4. The standard InChI is InChI=1S/C18H13ClFNO3/c1-24-14-5-3-2-4-12(14)10-21-17(22)15(16(19)18(21)23)11-6-8-13(20)9-7-11/h2-9H,10H2,1H3. The molecule has 0 saturated carbocycles. The molecule has 0 unspecified atom stereocenters. The monoisotopic (exact) mass is 345 g/mol. The molecule has 0 saturated heterocycles. The lowest BCUT2D eigenvalue weighted by molar-refractivity contribution is -0.137. The molecule has 0 aliphatic carbocycles. The number of carbonyl (C=O) groups is 2. The van der Waals surface area contributed by atoms with Crippen molar-refractivity contribution in [2.75, 3.05) is 7.11 Å². The summed E-state index contributed by atoms with van der Waals surface area (Å²) >= 11 is 6.08. The lowest BCUT2D eigenvalue weighted by Crippen LogP contribution is -2.30. The van der Waals surface area contributed by atoms with Gasteiger partial charge in [0.1, 0.15) is 16.6 Å². The first-order chi connectivity index (χ1) is 11.5. The van der Waals surface area contributed by atoms with Crippen LogP contribution in [0.4, 0.5) is 4.39 Å². The predicted molar refractivity (Wildman–Crippen MR) is 87.7 cm³/mol. The van der Waals surface area contributed by atoms with Crippen molar-refractivity contribution in [2.24, 2.45) is 0 Å². The number of para-hydroxylation sites is 1. The molecule has 1 aliphatic heterocycles. The molecule has 0 radical (unpaired) electrons. The zero-order valence-electron chi connectivity index (χ0n) is 12.8. The van der Waals surface area contributed by atoms with Crippen molar-refractivity contribution in [1.82, 2.24) is 4.90 Å². The Kier molecular flexibility index (Phi) is 4.36. The van der Waals surface area contributed by atoms with Gasteiger partial charge in [0.2, 0.25) is 0 Å². The molecule has 3 rings (SSSR count). The number of imide groups is 1. The molecular weight excluding hydrogens is 333 g/mol. The predicted octanol–water partition coefficient (Wildman–Crippen LogP) is 3.35. The van der Waals surface area contributed by atoms with Gasteiger partial charge in [-0.15, -0.1) is 0 Å². The minimum absolute atomic E-state index is 0.0442. The van der Waals surface area contributed by atoms with Crippen LogP contribution in [-0.4, -0.2) is 23.8 Å². The SMILES string of the molecule is COc1ccccc1CN1C(=O)C(Cl)=C(c2ccc(F)cc2)C1=O. The summed E-state index contributed by atoms with van der Waals surface area (Å²) in [6.07, 6.45) is 0. The van der Waals surface area contributed by atoms with Gasteiger partial charge in [-0.25, -0.2) is 4.39 Å². The van der Waals surface area contributed by atoms with Crippen LogP contribution in [0.2, 0.25) is 0 Å². The van der Waals surface area contributed by atoms with E-state index in [0.717, 1.165) is 4.90 Å². The molecule has 0 atom stereocenters. The molecule has 0 aromatic heterocycles. The summed E-state index contributed by atoms with van der Waals surface area (Å²) in [5, 5.41) is -0.165. The van der Waals surface area contributed by atoms with E-state index in [0.29, 0.717) is 16.9 Å². The Balaban J connectivity index is 1.92. The molecule has 2 amide bonds. The molecule has 2 aromatic carbocycles. The first kappa shape index (κ1) is 16.2. The average Bonchev–Trinajstić information content (AvgIpc) is 2.80. The van der Waals surface area contributed by atoms with E-state index in [9.17, 15) is 14.0 Å². The Bertz CT molecular complexity index is 846. The number of halogens is 2. The van der Waals surface area contributed by atoms with Crippen molar-refractivity contribution in [3.63, 3.8) is 0 Å². The van der Waals surface area contributed by atoms with Gasteiger partial charge in [-0.05, 0) is 23.8 Å². The van der Waals surface area contributed by atoms with E-state index in [-0.39, 0.29) is 17.2 Å². The van der Waals surface area contributed by atoms with Crippen LogP contribution >= 0.6 is 11.6 Å². The molecule has 1 aliphatic rings. The molecule has 6 heteroatoms. The summed E-state index contributed by atoms with van der Waals surface area (Å²) in [4.78, 5) is 26.1. The van der Waals surface area contributed by atoms with Gasteiger partial charge >= 0.3 is 0 Å². The summed E-state index contributed by atoms with van der Waals surface area (Å²) < 4.78 is 18.3. The lowest BCUT2D eigenvalue weighted by atomic mass is 10.1. The van der Waals surface area contributed by atoms with Crippen molar-refractivity contribution in [1.29, 1.82) is 0 Å². The van der Waals surface area contributed by atoms with E-state index >= 15 is 0 Å². The second-order valence-corrected chi connectivity index (χ2v) is 5.58. The Morgan fingerprint density at radius 1 is 1.04 bits per heavy atom. The Labute approximate surface area is 143 Å². The van der Waals surface area contributed by atoms with E-state index in [2.05, 4.69) is 0 Å². The van der Waals surface area contributed by atoms with E-state index in [1.54, 1.807) is 24.3 Å². The maximum Gasteiger partial charge on any atom is 0.273 e. The van der Waals surface area contributed by atoms with Gasteiger partial charge in [0.15, 0.2) is 0 Å². The second kappa shape index (κ2) is 6.45. The normalized spacial score (nSPS) is 14.5. The molecular formula is C18H13ClFNO3.